The average Bonchev–Trinajstić information content (AvgIpc) is 2.54. The number of nitrogens with one attached hydrogen (secondary N) is 1. The van der Waals surface area contributed by atoms with Gasteiger partial charge < -0.3 is 10.1 Å². The molecule has 108 valence electrons. The quantitative estimate of drug-likeness (QED) is 0.891. The fraction of sp³-hybridized carbons (Fsp3) is 0.235. The van der Waals surface area contributed by atoms with Crippen molar-refractivity contribution in [2.24, 2.45) is 0 Å². The van der Waals surface area contributed by atoms with E-state index >= 15 is 0 Å². The molecule has 2 aromatic carbocycles. The highest BCUT2D eigenvalue weighted by atomic mass is 19.1. The minimum absolute atomic E-state index is 0.0261. The van der Waals surface area contributed by atoms with Crippen molar-refractivity contribution in [3.05, 3.63) is 59.4 Å². The van der Waals surface area contributed by atoms with Crippen LogP contribution in [0.2, 0.25) is 0 Å². The molecular weight excluding hydrogens is 267 g/mol. The van der Waals surface area contributed by atoms with Gasteiger partial charge in [-0.05, 0) is 30.7 Å². The van der Waals surface area contributed by atoms with Crippen LogP contribution in [0.3, 0.4) is 0 Å². The van der Waals surface area contributed by atoms with E-state index in [4.69, 9.17) is 10.00 Å². The number of benzene rings is 2. The predicted molar refractivity (Wildman–Crippen MR) is 80.8 cm³/mol. The van der Waals surface area contributed by atoms with Gasteiger partial charge in [-0.3, -0.25) is 0 Å². The average molecular weight is 284 g/mol. The Kier molecular flexibility index (Phi) is 4.78. The van der Waals surface area contributed by atoms with Gasteiger partial charge in [0.15, 0.2) is 0 Å². The van der Waals surface area contributed by atoms with Gasteiger partial charge in [-0.15, -0.1) is 0 Å². The number of hydrogen-bond acceptors (Lipinski definition) is 3. The van der Waals surface area contributed by atoms with E-state index in [0.29, 0.717) is 5.69 Å². The number of ether oxygens (including phenoxy) is 1. The highest BCUT2D eigenvalue weighted by Gasteiger charge is 2.14. The molecule has 0 aliphatic carbocycles. The molecule has 0 saturated heterocycles. The summed E-state index contributed by atoms with van der Waals surface area (Å²) in [6.07, 6.45) is 0.833. The lowest BCUT2D eigenvalue weighted by atomic mass is 10.0. The third-order valence-electron chi connectivity index (χ3n) is 3.35. The topological polar surface area (TPSA) is 45.0 Å². The van der Waals surface area contributed by atoms with E-state index in [0.717, 1.165) is 17.7 Å². The molecule has 4 heteroatoms. The summed E-state index contributed by atoms with van der Waals surface area (Å²) in [4.78, 5) is 0. The van der Waals surface area contributed by atoms with Gasteiger partial charge in [-0.25, -0.2) is 4.39 Å². The lowest BCUT2D eigenvalue weighted by Crippen LogP contribution is -2.11. The molecule has 0 radical (unpaired) electrons. The molecule has 0 amide bonds. The molecule has 2 rings (SSSR count). The van der Waals surface area contributed by atoms with E-state index in [1.807, 2.05) is 30.3 Å². The third kappa shape index (κ3) is 3.32. The highest BCUT2D eigenvalue weighted by Crippen LogP contribution is 2.30. The van der Waals surface area contributed by atoms with Crippen molar-refractivity contribution >= 4 is 5.69 Å². The molecule has 0 bridgehead atoms. The first kappa shape index (κ1) is 14.9. The van der Waals surface area contributed by atoms with Crippen LogP contribution in [0.25, 0.3) is 0 Å². The summed E-state index contributed by atoms with van der Waals surface area (Å²) in [5, 5.41) is 12.2. The molecule has 21 heavy (non-hydrogen) atoms. The molecule has 0 aliphatic heterocycles. The number of nitrogens with zero attached hydrogens (tertiary/aromatic N) is 1. The van der Waals surface area contributed by atoms with Gasteiger partial charge in [0.1, 0.15) is 17.6 Å². The van der Waals surface area contributed by atoms with Gasteiger partial charge in [0.25, 0.3) is 0 Å². The van der Waals surface area contributed by atoms with Crippen LogP contribution in [-0.4, -0.2) is 7.11 Å². The van der Waals surface area contributed by atoms with Crippen molar-refractivity contribution in [1.82, 2.24) is 0 Å². The maximum atomic E-state index is 13.4. The van der Waals surface area contributed by atoms with E-state index in [2.05, 4.69) is 12.2 Å². The monoisotopic (exact) mass is 284 g/mol. The molecule has 0 spiro atoms. The second kappa shape index (κ2) is 6.76. The lowest BCUT2D eigenvalue weighted by molar-refractivity contribution is 0.406. The minimum Gasteiger partial charge on any atom is -0.496 e. The van der Waals surface area contributed by atoms with Gasteiger partial charge in [0.2, 0.25) is 0 Å². The normalized spacial score (nSPS) is 11.5. The zero-order valence-electron chi connectivity index (χ0n) is 12.1. The zero-order valence-corrected chi connectivity index (χ0v) is 12.1. The Morgan fingerprint density at radius 3 is 2.71 bits per heavy atom. The second-order valence-electron chi connectivity index (χ2n) is 4.65. The summed E-state index contributed by atoms with van der Waals surface area (Å²) in [5.41, 5.74) is 1.78. The summed E-state index contributed by atoms with van der Waals surface area (Å²) in [5.74, 6) is 0.299. The van der Waals surface area contributed by atoms with Gasteiger partial charge in [0, 0.05) is 11.3 Å². The van der Waals surface area contributed by atoms with Crippen molar-refractivity contribution in [2.75, 3.05) is 12.4 Å². The molecular formula is C17H17FN2O. The first-order valence-corrected chi connectivity index (χ1v) is 6.78. The molecule has 1 N–H and O–H groups in total. The number of hydrogen-bond donors (Lipinski definition) is 1. The summed E-state index contributed by atoms with van der Waals surface area (Å²) < 4.78 is 18.7. The van der Waals surface area contributed by atoms with E-state index in [1.54, 1.807) is 13.2 Å². The number of methoxy groups -OCH3 is 1. The summed E-state index contributed by atoms with van der Waals surface area (Å²) in [6, 6.07) is 14.1. The summed E-state index contributed by atoms with van der Waals surface area (Å²) in [7, 11) is 1.64. The molecule has 0 saturated carbocycles. The summed E-state index contributed by atoms with van der Waals surface area (Å²) >= 11 is 0. The van der Waals surface area contributed by atoms with Crippen LogP contribution < -0.4 is 10.1 Å². The first-order chi connectivity index (χ1) is 10.2. The van der Waals surface area contributed by atoms with Gasteiger partial charge in [0.05, 0.1) is 18.7 Å². The van der Waals surface area contributed by atoms with Crippen molar-refractivity contribution in [3.8, 4) is 11.8 Å². The summed E-state index contributed by atoms with van der Waals surface area (Å²) in [6.45, 7) is 2.05. The molecule has 0 heterocycles. The standard InChI is InChI=1S/C17H17FN2O/c1-3-16(14-6-4-5-7-17(14)21-2)20-13-8-9-15(18)12(10-13)11-19/h4-10,16,20H,3H2,1-2H3. The maximum absolute atomic E-state index is 13.4. The van der Waals surface area contributed by atoms with Crippen LogP contribution >= 0.6 is 0 Å². The van der Waals surface area contributed by atoms with E-state index in [9.17, 15) is 4.39 Å². The van der Waals surface area contributed by atoms with Crippen molar-refractivity contribution in [3.63, 3.8) is 0 Å². The smallest absolute Gasteiger partial charge is 0.141 e. The van der Waals surface area contributed by atoms with Gasteiger partial charge in [-0.2, -0.15) is 5.26 Å². The van der Waals surface area contributed by atoms with Gasteiger partial charge >= 0.3 is 0 Å². The molecule has 0 aromatic heterocycles. The Bertz CT molecular complexity index is 664. The van der Waals surface area contributed by atoms with Crippen LogP contribution in [0, 0.1) is 17.1 Å². The predicted octanol–water partition coefficient (Wildman–Crippen LogP) is 4.27. The molecule has 1 atom stereocenters. The molecule has 0 fully saturated rings. The van der Waals surface area contributed by atoms with Crippen LogP contribution in [0.4, 0.5) is 10.1 Å². The largest absolute Gasteiger partial charge is 0.496 e. The lowest BCUT2D eigenvalue weighted by Gasteiger charge is -2.21. The van der Waals surface area contributed by atoms with E-state index in [-0.39, 0.29) is 11.6 Å². The SMILES string of the molecule is CCC(Nc1ccc(F)c(C#N)c1)c1ccccc1OC. The van der Waals surface area contributed by atoms with Crippen LogP contribution in [-0.2, 0) is 0 Å². The fourth-order valence-corrected chi connectivity index (χ4v) is 2.26. The van der Waals surface area contributed by atoms with E-state index in [1.165, 1.54) is 12.1 Å². The fourth-order valence-electron chi connectivity index (χ4n) is 2.26. The Balaban J connectivity index is 2.29. The highest BCUT2D eigenvalue weighted by molar-refractivity contribution is 5.52. The van der Waals surface area contributed by atoms with Crippen LogP contribution in [0.5, 0.6) is 5.75 Å². The number of nitriles is 1. The van der Waals surface area contributed by atoms with E-state index < -0.39 is 5.82 Å². The second-order valence-corrected chi connectivity index (χ2v) is 4.65. The number of halogens is 1. The molecule has 0 aliphatic rings. The zero-order chi connectivity index (χ0) is 15.2. The van der Waals surface area contributed by atoms with Crippen molar-refractivity contribution in [2.45, 2.75) is 19.4 Å². The Hall–Kier alpha value is -2.54. The maximum Gasteiger partial charge on any atom is 0.141 e. The van der Waals surface area contributed by atoms with Gasteiger partial charge in [-0.1, -0.05) is 25.1 Å². The van der Waals surface area contributed by atoms with Crippen molar-refractivity contribution < 1.29 is 9.13 Å². The Morgan fingerprint density at radius 2 is 2.05 bits per heavy atom. The number of anilines is 1. The minimum atomic E-state index is -0.506. The molecule has 2 aromatic rings. The Morgan fingerprint density at radius 1 is 1.29 bits per heavy atom. The first-order valence-electron chi connectivity index (χ1n) is 6.78. The molecule has 3 nitrogen and oxygen atoms in total. The number of rotatable bonds is 5. The Labute approximate surface area is 124 Å². The van der Waals surface area contributed by atoms with Crippen LogP contribution in [0.1, 0.15) is 30.5 Å². The third-order valence-corrected chi connectivity index (χ3v) is 3.35. The van der Waals surface area contributed by atoms with Crippen LogP contribution in [0.15, 0.2) is 42.5 Å². The number of para-hydroxylation sites is 1. The molecule has 1 unspecified atom stereocenters. The van der Waals surface area contributed by atoms with Crippen molar-refractivity contribution in [1.29, 1.82) is 5.26 Å².